The molecule has 0 aliphatic carbocycles. The quantitative estimate of drug-likeness (QED) is 0.691. The summed E-state index contributed by atoms with van der Waals surface area (Å²) in [7, 11) is 0. The first-order valence-electron chi connectivity index (χ1n) is 4.75. The van der Waals surface area contributed by atoms with Crippen molar-refractivity contribution in [1.82, 2.24) is 14.9 Å². The van der Waals surface area contributed by atoms with Gasteiger partial charge in [0, 0.05) is 0 Å². The number of carbonyl (C=O) groups is 1. The summed E-state index contributed by atoms with van der Waals surface area (Å²) < 4.78 is 1.94. The van der Waals surface area contributed by atoms with Crippen LogP contribution in [0.15, 0.2) is 36.8 Å². The Kier molecular flexibility index (Phi) is 1.62. The summed E-state index contributed by atoms with van der Waals surface area (Å²) in [5.74, 6) is -0.0331. The number of benzene rings is 1. The summed E-state index contributed by atoms with van der Waals surface area (Å²) in [6, 6.07) is 7.52. The van der Waals surface area contributed by atoms with Gasteiger partial charge in [-0.05, 0) is 12.1 Å². The van der Waals surface area contributed by atoms with Crippen molar-refractivity contribution in [2.75, 3.05) is 0 Å². The fourth-order valence-electron chi connectivity index (χ4n) is 1.81. The van der Waals surface area contributed by atoms with Gasteiger partial charge >= 0.3 is 0 Å². The lowest BCUT2D eigenvalue weighted by Crippen LogP contribution is -2.21. The molecule has 4 nitrogen and oxygen atoms in total. The standard InChI is InChI=1S/C11H9N3O/c15-11-9-3-1-2-4-10(9)14-7-12-5-8(14)6-13-11/h1-5,7H,6H2,(H,13,15). The number of rotatable bonds is 0. The van der Waals surface area contributed by atoms with Crippen LogP contribution in [-0.4, -0.2) is 15.5 Å². The monoisotopic (exact) mass is 199 g/mol. The minimum Gasteiger partial charge on any atom is -0.346 e. The molecule has 0 spiro atoms. The topological polar surface area (TPSA) is 46.9 Å². The van der Waals surface area contributed by atoms with E-state index in [1.54, 1.807) is 12.5 Å². The van der Waals surface area contributed by atoms with Gasteiger partial charge in [0.15, 0.2) is 0 Å². The van der Waals surface area contributed by atoms with Gasteiger partial charge in [-0.1, -0.05) is 12.1 Å². The van der Waals surface area contributed by atoms with Crippen LogP contribution < -0.4 is 5.32 Å². The van der Waals surface area contributed by atoms with Gasteiger partial charge in [0.1, 0.15) is 0 Å². The number of hydrogen-bond acceptors (Lipinski definition) is 2. The Morgan fingerprint density at radius 1 is 1.33 bits per heavy atom. The Balaban J connectivity index is 2.32. The predicted octanol–water partition coefficient (Wildman–Crippen LogP) is 1.12. The Morgan fingerprint density at radius 3 is 3.13 bits per heavy atom. The third kappa shape index (κ3) is 1.15. The Hall–Kier alpha value is -2.10. The van der Waals surface area contributed by atoms with Crippen LogP contribution in [0, 0.1) is 0 Å². The second-order valence-electron chi connectivity index (χ2n) is 3.45. The van der Waals surface area contributed by atoms with E-state index < -0.39 is 0 Å². The molecule has 1 aromatic carbocycles. The Morgan fingerprint density at radius 2 is 2.20 bits per heavy atom. The maximum absolute atomic E-state index is 11.7. The lowest BCUT2D eigenvalue weighted by atomic mass is 10.1. The Bertz CT molecular complexity index is 530. The number of nitrogens with zero attached hydrogens (tertiary/aromatic N) is 2. The molecule has 0 fully saturated rings. The highest BCUT2D eigenvalue weighted by Crippen LogP contribution is 2.19. The van der Waals surface area contributed by atoms with Crippen molar-refractivity contribution in [1.29, 1.82) is 0 Å². The summed E-state index contributed by atoms with van der Waals surface area (Å²) in [6.07, 6.45) is 3.50. The van der Waals surface area contributed by atoms with Gasteiger partial charge in [0.05, 0.1) is 36.0 Å². The first kappa shape index (κ1) is 8.23. The summed E-state index contributed by atoms with van der Waals surface area (Å²) in [6.45, 7) is 0.521. The van der Waals surface area contributed by atoms with Crippen molar-refractivity contribution in [3.63, 3.8) is 0 Å². The van der Waals surface area contributed by atoms with Crippen molar-refractivity contribution in [3.8, 4) is 5.69 Å². The highest BCUT2D eigenvalue weighted by molar-refractivity contribution is 5.98. The SMILES string of the molecule is O=C1NCc2cncn2-c2ccccc21. The smallest absolute Gasteiger partial charge is 0.253 e. The van der Waals surface area contributed by atoms with E-state index in [9.17, 15) is 4.79 Å². The number of para-hydroxylation sites is 1. The molecule has 1 aliphatic heterocycles. The molecule has 1 aliphatic rings. The third-order valence-corrected chi connectivity index (χ3v) is 2.55. The van der Waals surface area contributed by atoms with Crippen molar-refractivity contribution in [2.24, 2.45) is 0 Å². The highest BCUT2D eigenvalue weighted by atomic mass is 16.1. The van der Waals surface area contributed by atoms with Gasteiger partial charge in [0.2, 0.25) is 0 Å². The van der Waals surface area contributed by atoms with Gasteiger partial charge in [-0.3, -0.25) is 4.79 Å². The predicted molar refractivity (Wildman–Crippen MR) is 54.7 cm³/mol. The first-order chi connectivity index (χ1) is 7.36. The second-order valence-corrected chi connectivity index (χ2v) is 3.45. The van der Waals surface area contributed by atoms with Gasteiger partial charge in [-0.15, -0.1) is 0 Å². The summed E-state index contributed by atoms with van der Waals surface area (Å²) in [4.78, 5) is 15.8. The van der Waals surface area contributed by atoms with Crippen LogP contribution in [0.3, 0.4) is 0 Å². The minimum atomic E-state index is -0.0331. The maximum atomic E-state index is 11.7. The molecule has 0 bridgehead atoms. The number of aromatic nitrogens is 2. The first-order valence-corrected chi connectivity index (χ1v) is 4.75. The molecular formula is C11H9N3O. The summed E-state index contributed by atoms with van der Waals surface area (Å²) >= 11 is 0. The average molecular weight is 199 g/mol. The second kappa shape index (κ2) is 2.95. The van der Waals surface area contributed by atoms with Crippen LogP contribution in [0.1, 0.15) is 16.1 Å². The number of imidazole rings is 1. The van der Waals surface area contributed by atoms with E-state index in [4.69, 9.17) is 0 Å². The van der Waals surface area contributed by atoms with Crippen LogP contribution in [0.4, 0.5) is 0 Å². The average Bonchev–Trinajstić information content (AvgIpc) is 2.69. The van der Waals surface area contributed by atoms with Gasteiger partial charge in [-0.25, -0.2) is 4.98 Å². The molecule has 0 saturated carbocycles. The van der Waals surface area contributed by atoms with E-state index in [-0.39, 0.29) is 5.91 Å². The Labute approximate surface area is 86.6 Å². The molecule has 4 heteroatoms. The molecule has 0 radical (unpaired) electrons. The number of nitrogens with one attached hydrogen (secondary N) is 1. The normalized spacial score (nSPS) is 13.7. The lowest BCUT2D eigenvalue weighted by molar-refractivity contribution is 0.0953. The molecule has 1 aromatic heterocycles. The van der Waals surface area contributed by atoms with Crippen molar-refractivity contribution < 1.29 is 4.79 Å². The van der Waals surface area contributed by atoms with Crippen LogP contribution in [0.5, 0.6) is 0 Å². The molecule has 3 rings (SSSR count). The largest absolute Gasteiger partial charge is 0.346 e. The number of amides is 1. The van der Waals surface area contributed by atoms with E-state index >= 15 is 0 Å². The van der Waals surface area contributed by atoms with Crippen LogP contribution in [0.2, 0.25) is 0 Å². The fourth-order valence-corrected chi connectivity index (χ4v) is 1.81. The summed E-state index contributed by atoms with van der Waals surface area (Å²) in [5, 5.41) is 2.84. The number of fused-ring (bicyclic) bond motifs is 3. The van der Waals surface area contributed by atoms with Crippen LogP contribution >= 0.6 is 0 Å². The van der Waals surface area contributed by atoms with Gasteiger partial charge in [-0.2, -0.15) is 0 Å². The molecule has 0 atom stereocenters. The zero-order valence-corrected chi connectivity index (χ0v) is 7.97. The van der Waals surface area contributed by atoms with Crippen molar-refractivity contribution >= 4 is 5.91 Å². The molecule has 0 unspecified atom stereocenters. The van der Waals surface area contributed by atoms with Gasteiger partial charge < -0.3 is 9.88 Å². The zero-order chi connectivity index (χ0) is 10.3. The van der Waals surface area contributed by atoms with Crippen molar-refractivity contribution in [3.05, 3.63) is 48.0 Å². The molecule has 2 aromatic rings. The molecule has 2 heterocycles. The van der Waals surface area contributed by atoms with E-state index in [1.165, 1.54) is 0 Å². The van der Waals surface area contributed by atoms with E-state index in [0.717, 1.165) is 11.4 Å². The van der Waals surface area contributed by atoms with Crippen molar-refractivity contribution in [2.45, 2.75) is 6.54 Å². The molecule has 1 N–H and O–H groups in total. The number of hydrogen-bond donors (Lipinski definition) is 1. The summed E-state index contributed by atoms with van der Waals surface area (Å²) in [5.41, 5.74) is 2.57. The molecule has 1 amide bonds. The molecule has 0 saturated heterocycles. The van der Waals surface area contributed by atoms with E-state index in [1.807, 2.05) is 28.8 Å². The lowest BCUT2D eigenvalue weighted by Gasteiger charge is -2.05. The van der Waals surface area contributed by atoms with Crippen LogP contribution in [-0.2, 0) is 6.54 Å². The molecule has 74 valence electrons. The zero-order valence-electron chi connectivity index (χ0n) is 7.97. The van der Waals surface area contributed by atoms with E-state index in [2.05, 4.69) is 10.3 Å². The molecule has 15 heavy (non-hydrogen) atoms. The number of carbonyl (C=O) groups excluding carboxylic acids is 1. The third-order valence-electron chi connectivity index (χ3n) is 2.55. The highest BCUT2D eigenvalue weighted by Gasteiger charge is 2.18. The maximum Gasteiger partial charge on any atom is 0.253 e. The van der Waals surface area contributed by atoms with E-state index in [0.29, 0.717) is 12.1 Å². The molecular weight excluding hydrogens is 190 g/mol. The van der Waals surface area contributed by atoms with Crippen LogP contribution in [0.25, 0.3) is 5.69 Å². The van der Waals surface area contributed by atoms with Gasteiger partial charge in [0.25, 0.3) is 5.91 Å². The fraction of sp³-hybridized carbons (Fsp3) is 0.0909. The minimum absolute atomic E-state index is 0.0331.